The molecule has 0 aliphatic rings. The van der Waals surface area contributed by atoms with Gasteiger partial charge >= 0.3 is 0 Å². The second-order valence-electron chi connectivity index (χ2n) is 4.59. The smallest absolute Gasteiger partial charge is 0.123 e. The Morgan fingerprint density at radius 1 is 1.21 bits per heavy atom. The van der Waals surface area contributed by atoms with E-state index in [2.05, 4.69) is 18.3 Å². The van der Waals surface area contributed by atoms with Crippen LogP contribution >= 0.6 is 0 Å². The second kappa shape index (κ2) is 6.43. The highest BCUT2D eigenvalue weighted by Gasteiger charge is 2.10. The molecule has 0 aliphatic carbocycles. The fourth-order valence-corrected chi connectivity index (χ4v) is 2.00. The Morgan fingerprint density at radius 3 is 2.68 bits per heavy atom. The fraction of sp³-hybridized carbons (Fsp3) is 0.375. The molecule has 1 heterocycles. The molecule has 1 aromatic heterocycles. The van der Waals surface area contributed by atoms with E-state index in [1.165, 1.54) is 5.56 Å². The Kier molecular flexibility index (Phi) is 4.63. The zero-order valence-electron chi connectivity index (χ0n) is 11.8. The summed E-state index contributed by atoms with van der Waals surface area (Å²) in [4.78, 5) is 0. The van der Waals surface area contributed by atoms with Crippen LogP contribution in [-0.4, -0.2) is 6.61 Å². The number of ether oxygens (including phenoxy) is 1. The Bertz CT molecular complexity index is 519. The molecular weight excluding hydrogens is 238 g/mol. The average Bonchev–Trinajstić information content (AvgIpc) is 2.84. The topological polar surface area (TPSA) is 34.4 Å². The van der Waals surface area contributed by atoms with Crippen molar-refractivity contribution in [3.63, 3.8) is 0 Å². The highest BCUT2D eigenvalue weighted by molar-refractivity contribution is 5.33. The quantitative estimate of drug-likeness (QED) is 0.856. The molecule has 102 valence electrons. The van der Waals surface area contributed by atoms with Gasteiger partial charge in [-0.25, -0.2) is 0 Å². The summed E-state index contributed by atoms with van der Waals surface area (Å²) in [6, 6.07) is 12.3. The summed E-state index contributed by atoms with van der Waals surface area (Å²) >= 11 is 0. The maximum atomic E-state index is 5.62. The van der Waals surface area contributed by atoms with Crippen LogP contribution in [0.3, 0.4) is 0 Å². The monoisotopic (exact) mass is 259 g/mol. The van der Waals surface area contributed by atoms with Crippen LogP contribution in [0.25, 0.3) is 0 Å². The first-order valence-corrected chi connectivity index (χ1v) is 6.71. The summed E-state index contributed by atoms with van der Waals surface area (Å²) in [5, 5.41) is 3.45. The molecule has 1 unspecified atom stereocenters. The van der Waals surface area contributed by atoms with Crippen molar-refractivity contribution in [2.75, 3.05) is 6.61 Å². The number of hydrogen-bond acceptors (Lipinski definition) is 3. The summed E-state index contributed by atoms with van der Waals surface area (Å²) in [5.74, 6) is 2.85. The molecule has 0 aliphatic heterocycles. The van der Waals surface area contributed by atoms with E-state index in [0.29, 0.717) is 6.61 Å². The molecule has 0 saturated carbocycles. The maximum Gasteiger partial charge on any atom is 0.123 e. The van der Waals surface area contributed by atoms with Crippen molar-refractivity contribution in [2.24, 2.45) is 0 Å². The van der Waals surface area contributed by atoms with Gasteiger partial charge in [0.15, 0.2) is 0 Å². The summed E-state index contributed by atoms with van der Waals surface area (Å²) in [7, 11) is 0. The van der Waals surface area contributed by atoms with Crippen molar-refractivity contribution < 1.29 is 9.15 Å². The van der Waals surface area contributed by atoms with Gasteiger partial charge in [-0.05, 0) is 39.0 Å². The van der Waals surface area contributed by atoms with Gasteiger partial charge in [0.1, 0.15) is 17.3 Å². The molecule has 3 nitrogen and oxygen atoms in total. The minimum absolute atomic E-state index is 0.184. The zero-order valence-corrected chi connectivity index (χ0v) is 11.8. The van der Waals surface area contributed by atoms with E-state index in [-0.39, 0.29) is 6.04 Å². The minimum Gasteiger partial charge on any atom is -0.494 e. The number of aryl methyl sites for hydroxylation is 1. The van der Waals surface area contributed by atoms with Gasteiger partial charge in [0.05, 0.1) is 12.6 Å². The van der Waals surface area contributed by atoms with Gasteiger partial charge in [-0.1, -0.05) is 18.2 Å². The van der Waals surface area contributed by atoms with Crippen molar-refractivity contribution >= 4 is 0 Å². The third-order valence-corrected chi connectivity index (χ3v) is 3.06. The Labute approximate surface area is 114 Å². The molecule has 0 bridgehead atoms. The normalized spacial score (nSPS) is 12.4. The van der Waals surface area contributed by atoms with Crippen molar-refractivity contribution in [3.05, 3.63) is 53.5 Å². The van der Waals surface area contributed by atoms with Crippen LogP contribution < -0.4 is 10.1 Å². The molecule has 1 aromatic carbocycles. The second-order valence-corrected chi connectivity index (χ2v) is 4.59. The lowest BCUT2D eigenvalue weighted by molar-refractivity contribution is 0.333. The molecular formula is C16H21NO2. The molecule has 2 rings (SSSR count). The predicted molar refractivity (Wildman–Crippen MR) is 76.3 cm³/mol. The zero-order chi connectivity index (χ0) is 13.7. The molecule has 0 fully saturated rings. The summed E-state index contributed by atoms with van der Waals surface area (Å²) < 4.78 is 11.2. The van der Waals surface area contributed by atoms with Crippen molar-refractivity contribution in [1.29, 1.82) is 0 Å². The SMILES string of the molecule is CCOc1ccccc1CNC(C)c1ccc(C)o1. The van der Waals surface area contributed by atoms with Crippen molar-refractivity contribution in [3.8, 4) is 5.75 Å². The summed E-state index contributed by atoms with van der Waals surface area (Å²) in [6.45, 7) is 7.50. The van der Waals surface area contributed by atoms with Gasteiger partial charge in [0, 0.05) is 12.1 Å². The number of benzene rings is 1. The first kappa shape index (κ1) is 13.7. The third-order valence-electron chi connectivity index (χ3n) is 3.06. The molecule has 0 spiro atoms. The minimum atomic E-state index is 0.184. The lowest BCUT2D eigenvalue weighted by atomic mass is 10.2. The molecule has 0 saturated heterocycles. The van der Waals surface area contributed by atoms with Gasteiger partial charge < -0.3 is 14.5 Å². The van der Waals surface area contributed by atoms with Gasteiger partial charge in [0.2, 0.25) is 0 Å². The largest absolute Gasteiger partial charge is 0.494 e. The van der Waals surface area contributed by atoms with Crippen LogP contribution in [0.1, 0.15) is 37.0 Å². The number of hydrogen-bond donors (Lipinski definition) is 1. The standard InChI is InChI=1S/C16H21NO2/c1-4-18-16-8-6-5-7-14(16)11-17-13(3)15-10-9-12(2)19-15/h5-10,13,17H,4,11H2,1-3H3. The third kappa shape index (κ3) is 3.61. The highest BCUT2D eigenvalue weighted by Crippen LogP contribution is 2.20. The molecule has 1 N–H and O–H groups in total. The molecule has 0 amide bonds. The first-order valence-electron chi connectivity index (χ1n) is 6.71. The van der Waals surface area contributed by atoms with E-state index in [1.807, 2.05) is 44.2 Å². The highest BCUT2D eigenvalue weighted by atomic mass is 16.5. The Hall–Kier alpha value is -1.74. The lowest BCUT2D eigenvalue weighted by Crippen LogP contribution is -2.18. The van der Waals surface area contributed by atoms with E-state index in [0.717, 1.165) is 23.8 Å². The van der Waals surface area contributed by atoms with Crippen LogP contribution in [0.15, 0.2) is 40.8 Å². The average molecular weight is 259 g/mol. The van der Waals surface area contributed by atoms with Gasteiger partial charge in [0.25, 0.3) is 0 Å². The van der Waals surface area contributed by atoms with E-state index >= 15 is 0 Å². The van der Waals surface area contributed by atoms with Crippen LogP contribution in [0.5, 0.6) is 5.75 Å². The van der Waals surface area contributed by atoms with Crippen molar-refractivity contribution in [2.45, 2.75) is 33.4 Å². The van der Waals surface area contributed by atoms with Gasteiger partial charge in [-0.2, -0.15) is 0 Å². The van der Waals surface area contributed by atoms with E-state index in [4.69, 9.17) is 9.15 Å². The number of furan rings is 1. The lowest BCUT2D eigenvalue weighted by Gasteiger charge is -2.14. The number of rotatable bonds is 6. The van der Waals surface area contributed by atoms with Crippen LogP contribution in [0.4, 0.5) is 0 Å². The molecule has 19 heavy (non-hydrogen) atoms. The van der Waals surface area contributed by atoms with Crippen LogP contribution in [0.2, 0.25) is 0 Å². The van der Waals surface area contributed by atoms with Gasteiger partial charge in [-0.3, -0.25) is 0 Å². The summed E-state index contributed by atoms with van der Waals surface area (Å²) in [6.07, 6.45) is 0. The van der Waals surface area contributed by atoms with E-state index < -0.39 is 0 Å². The fourth-order valence-electron chi connectivity index (χ4n) is 2.00. The Balaban J connectivity index is 1.98. The molecule has 2 aromatic rings. The molecule has 3 heteroatoms. The Morgan fingerprint density at radius 2 is 2.00 bits per heavy atom. The molecule has 1 atom stereocenters. The number of nitrogens with one attached hydrogen (secondary N) is 1. The maximum absolute atomic E-state index is 5.62. The van der Waals surface area contributed by atoms with Gasteiger partial charge in [-0.15, -0.1) is 0 Å². The van der Waals surface area contributed by atoms with Crippen molar-refractivity contribution in [1.82, 2.24) is 5.32 Å². The number of para-hydroxylation sites is 1. The van der Waals surface area contributed by atoms with E-state index in [1.54, 1.807) is 0 Å². The summed E-state index contributed by atoms with van der Waals surface area (Å²) in [5.41, 5.74) is 1.17. The van der Waals surface area contributed by atoms with Crippen LogP contribution in [0, 0.1) is 6.92 Å². The van der Waals surface area contributed by atoms with E-state index in [9.17, 15) is 0 Å². The predicted octanol–water partition coefficient (Wildman–Crippen LogP) is 3.84. The first-order chi connectivity index (χ1) is 9.20. The van der Waals surface area contributed by atoms with Crippen LogP contribution in [-0.2, 0) is 6.54 Å². The molecule has 0 radical (unpaired) electrons.